The van der Waals surface area contributed by atoms with Crippen LogP contribution < -0.4 is 5.32 Å². The number of rotatable bonds is 1. The molecule has 0 saturated carbocycles. The van der Waals surface area contributed by atoms with Crippen molar-refractivity contribution in [3.8, 4) is 5.75 Å². The van der Waals surface area contributed by atoms with E-state index < -0.39 is 0 Å². The van der Waals surface area contributed by atoms with Gasteiger partial charge in [-0.3, -0.25) is 0 Å². The van der Waals surface area contributed by atoms with Crippen molar-refractivity contribution in [3.05, 3.63) is 56.5 Å². The van der Waals surface area contributed by atoms with Gasteiger partial charge in [0.05, 0.1) is 6.04 Å². The fraction of sp³-hybridized carbons (Fsp3) is 0.200. The van der Waals surface area contributed by atoms with Gasteiger partial charge in [-0.05, 0) is 54.8 Å². The number of nitrogens with one attached hydrogen (secondary N) is 1. The van der Waals surface area contributed by atoms with Crippen molar-refractivity contribution < 1.29 is 5.11 Å². The van der Waals surface area contributed by atoms with Gasteiger partial charge in [-0.2, -0.15) is 0 Å². The Morgan fingerprint density at radius 3 is 2.84 bits per heavy atom. The molecule has 0 spiro atoms. The summed E-state index contributed by atoms with van der Waals surface area (Å²) >= 11 is 9.41. The minimum atomic E-state index is 0.0987. The Bertz CT molecular complexity index is 634. The topological polar surface area (TPSA) is 32.3 Å². The van der Waals surface area contributed by atoms with Gasteiger partial charge >= 0.3 is 0 Å². The van der Waals surface area contributed by atoms with Gasteiger partial charge in [0.15, 0.2) is 0 Å². The number of halogens is 2. The highest BCUT2D eigenvalue weighted by atomic mass is 79.9. The fourth-order valence-corrected chi connectivity index (χ4v) is 3.45. The first-order chi connectivity index (χ1) is 9.04. The Labute approximate surface area is 125 Å². The molecular formula is C15H13BrClNO. The Balaban J connectivity index is 1.99. The van der Waals surface area contributed by atoms with Crippen LogP contribution in [0.2, 0.25) is 5.02 Å². The number of phenols is 1. The maximum atomic E-state index is 10.2. The molecule has 0 radical (unpaired) electrons. The molecule has 19 heavy (non-hydrogen) atoms. The van der Waals surface area contributed by atoms with Crippen molar-refractivity contribution in [1.29, 1.82) is 0 Å². The van der Waals surface area contributed by atoms with E-state index in [1.807, 2.05) is 31.2 Å². The highest BCUT2D eigenvalue weighted by Gasteiger charge is 2.25. The van der Waals surface area contributed by atoms with Gasteiger partial charge in [-0.25, -0.2) is 0 Å². The molecule has 2 aromatic carbocycles. The number of aryl methyl sites for hydroxylation is 1. The van der Waals surface area contributed by atoms with Crippen LogP contribution in [0.1, 0.15) is 22.7 Å². The van der Waals surface area contributed by atoms with E-state index in [4.69, 9.17) is 11.6 Å². The number of aromatic hydroxyl groups is 1. The average molecular weight is 339 g/mol. The smallest absolute Gasteiger partial charge is 0.122 e. The summed E-state index contributed by atoms with van der Waals surface area (Å²) < 4.78 is 0.893. The summed E-state index contributed by atoms with van der Waals surface area (Å²) in [6.07, 6.45) is 0.839. The molecule has 0 bridgehead atoms. The number of hydrogen-bond acceptors (Lipinski definition) is 2. The molecule has 4 heteroatoms. The van der Waals surface area contributed by atoms with E-state index in [-0.39, 0.29) is 6.04 Å². The summed E-state index contributed by atoms with van der Waals surface area (Å²) in [5.74, 6) is 0.322. The molecule has 3 rings (SSSR count). The molecule has 98 valence electrons. The molecule has 2 N–H and O–H groups in total. The van der Waals surface area contributed by atoms with E-state index in [0.717, 1.165) is 32.7 Å². The molecule has 0 aliphatic carbocycles. The molecule has 0 aromatic heterocycles. The zero-order valence-electron chi connectivity index (χ0n) is 10.4. The van der Waals surface area contributed by atoms with Crippen molar-refractivity contribution in [2.24, 2.45) is 0 Å². The Morgan fingerprint density at radius 1 is 1.32 bits per heavy atom. The van der Waals surface area contributed by atoms with Crippen molar-refractivity contribution in [2.75, 3.05) is 5.32 Å². The van der Waals surface area contributed by atoms with Crippen LogP contribution in [-0.2, 0) is 6.42 Å². The molecule has 1 aliphatic rings. The predicted octanol–water partition coefficient (Wildman–Crippen LogP) is 4.83. The van der Waals surface area contributed by atoms with Crippen LogP contribution in [0.3, 0.4) is 0 Å². The molecule has 1 atom stereocenters. The first-order valence-electron chi connectivity index (χ1n) is 6.08. The van der Waals surface area contributed by atoms with Crippen molar-refractivity contribution >= 4 is 33.2 Å². The first-order valence-corrected chi connectivity index (χ1v) is 7.25. The molecule has 0 amide bonds. The van der Waals surface area contributed by atoms with Gasteiger partial charge in [0.25, 0.3) is 0 Å². The molecule has 2 nitrogen and oxygen atoms in total. The van der Waals surface area contributed by atoms with E-state index in [2.05, 4.69) is 21.2 Å². The molecule has 1 unspecified atom stereocenters. The van der Waals surface area contributed by atoms with Crippen LogP contribution in [0.15, 0.2) is 34.8 Å². The minimum absolute atomic E-state index is 0.0987. The Morgan fingerprint density at radius 2 is 2.11 bits per heavy atom. The Hall–Kier alpha value is -1.19. The third-order valence-electron chi connectivity index (χ3n) is 3.50. The average Bonchev–Trinajstić information content (AvgIpc) is 2.69. The summed E-state index contributed by atoms with van der Waals surface area (Å²) in [6.45, 7) is 2.01. The van der Waals surface area contributed by atoms with Crippen LogP contribution in [0.5, 0.6) is 5.75 Å². The zero-order valence-corrected chi connectivity index (χ0v) is 12.7. The van der Waals surface area contributed by atoms with Gasteiger partial charge in [0.2, 0.25) is 0 Å². The summed E-state index contributed by atoms with van der Waals surface area (Å²) in [5.41, 5.74) is 4.31. The monoisotopic (exact) mass is 337 g/mol. The van der Waals surface area contributed by atoms with Crippen molar-refractivity contribution in [2.45, 2.75) is 19.4 Å². The standard InChI is InChI=1S/C15H13BrClNO/c1-8-4-10(16)7-14(19)15(8)13-6-9-5-11(17)2-3-12(9)18-13/h2-5,7,13,18-19H,6H2,1H3. The highest BCUT2D eigenvalue weighted by Crippen LogP contribution is 2.40. The van der Waals surface area contributed by atoms with Gasteiger partial charge < -0.3 is 10.4 Å². The van der Waals surface area contributed by atoms with Crippen LogP contribution in [0.25, 0.3) is 0 Å². The van der Waals surface area contributed by atoms with Crippen LogP contribution in [-0.4, -0.2) is 5.11 Å². The summed E-state index contributed by atoms with van der Waals surface area (Å²) in [6, 6.07) is 9.70. The largest absolute Gasteiger partial charge is 0.508 e. The van der Waals surface area contributed by atoms with E-state index in [0.29, 0.717) is 5.75 Å². The van der Waals surface area contributed by atoms with Crippen LogP contribution in [0, 0.1) is 6.92 Å². The lowest BCUT2D eigenvalue weighted by Gasteiger charge is -2.16. The third kappa shape index (κ3) is 2.33. The summed E-state index contributed by atoms with van der Waals surface area (Å²) in [5, 5.41) is 14.4. The van der Waals surface area contributed by atoms with Crippen LogP contribution in [0.4, 0.5) is 5.69 Å². The summed E-state index contributed by atoms with van der Waals surface area (Å²) in [7, 11) is 0. The van der Waals surface area contributed by atoms with E-state index in [9.17, 15) is 5.11 Å². The second kappa shape index (κ2) is 4.73. The molecule has 0 fully saturated rings. The lowest BCUT2D eigenvalue weighted by Crippen LogP contribution is -2.08. The fourth-order valence-electron chi connectivity index (χ4n) is 2.69. The van der Waals surface area contributed by atoms with Gasteiger partial charge in [0.1, 0.15) is 5.75 Å². The van der Waals surface area contributed by atoms with Gasteiger partial charge in [-0.15, -0.1) is 0 Å². The van der Waals surface area contributed by atoms with E-state index in [1.54, 1.807) is 6.07 Å². The lowest BCUT2D eigenvalue weighted by atomic mass is 9.97. The quantitative estimate of drug-likeness (QED) is 0.781. The van der Waals surface area contributed by atoms with Crippen LogP contribution >= 0.6 is 27.5 Å². The molecule has 0 saturated heterocycles. The van der Waals surface area contributed by atoms with Gasteiger partial charge in [0, 0.05) is 20.7 Å². The first kappa shape index (κ1) is 12.8. The molecular weight excluding hydrogens is 326 g/mol. The maximum Gasteiger partial charge on any atom is 0.122 e. The van der Waals surface area contributed by atoms with E-state index in [1.165, 1.54) is 5.56 Å². The zero-order chi connectivity index (χ0) is 13.6. The predicted molar refractivity (Wildman–Crippen MR) is 82.1 cm³/mol. The third-order valence-corrected chi connectivity index (χ3v) is 4.19. The number of benzene rings is 2. The molecule has 1 aliphatic heterocycles. The number of anilines is 1. The number of hydrogen-bond donors (Lipinski definition) is 2. The molecule has 1 heterocycles. The normalized spacial score (nSPS) is 17.1. The highest BCUT2D eigenvalue weighted by molar-refractivity contribution is 9.10. The van der Waals surface area contributed by atoms with Crippen molar-refractivity contribution in [1.82, 2.24) is 0 Å². The summed E-state index contributed by atoms with van der Waals surface area (Å²) in [4.78, 5) is 0. The maximum absolute atomic E-state index is 10.2. The number of fused-ring (bicyclic) bond motifs is 1. The second-order valence-corrected chi connectivity index (χ2v) is 6.21. The Kier molecular flexibility index (Phi) is 3.19. The lowest BCUT2D eigenvalue weighted by molar-refractivity contribution is 0.463. The number of phenolic OH excluding ortho intramolecular Hbond substituents is 1. The SMILES string of the molecule is Cc1cc(Br)cc(O)c1C1Cc2cc(Cl)ccc2N1. The minimum Gasteiger partial charge on any atom is -0.508 e. The van der Waals surface area contributed by atoms with E-state index >= 15 is 0 Å². The second-order valence-electron chi connectivity index (χ2n) is 4.86. The van der Waals surface area contributed by atoms with Gasteiger partial charge in [-0.1, -0.05) is 27.5 Å². The van der Waals surface area contributed by atoms with Crippen molar-refractivity contribution in [3.63, 3.8) is 0 Å². The molecule has 2 aromatic rings.